The van der Waals surface area contributed by atoms with Crippen LogP contribution in [0.1, 0.15) is 70.6 Å². The second-order valence-corrected chi connectivity index (χ2v) is 11.6. The molecule has 0 spiro atoms. The third-order valence-corrected chi connectivity index (χ3v) is 6.78. The highest BCUT2D eigenvalue weighted by molar-refractivity contribution is 4.57. The fraction of sp³-hybridized carbons (Fsp3) is 1.00. The molecule has 0 amide bonds. The minimum atomic E-state index is -0.161. The van der Waals surface area contributed by atoms with E-state index >= 15 is 0 Å². The number of hydrogen-bond donors (Lipinski definition) is 3. The van der Waals surface area contributed by atoms with Gasteiger partial charge < -0.3 is 67.4 Å². The lowest BCUT2D eigenvalue weighted by Gasteiger charge is -2.18. The van der Waals surface area contributed by atoms with Gasteiger partial charge in [-0.25, -0.2) is 0 Å². The smallest absolute Gasteiger partial charge is 0.104 e. The van der Waals surface area contributed by atoms with Crippen LogP contribution in [0.15, 0.2) is 0 Å². The first-order chi connectivity index (χ1) is 24.8. The SMILES string of the molecule is OCCCOCCCOCCCOCCCOCC(COCCCOCCCOCCCOCCCO)OCCCOCCCOCCCO. The minimum Gasteiger partial charge on any atom is -0.396 e. The minimum absolute atomic E-state index is 0.155. The highest BCUT2D eigenvalue weighted by Gasteiger charge is 2.10. The zero-order valence-electron chi connectivity index (χ0n) is 31.2. The van der Waals surface area contributed by atoms with Crippen molar-refractivity contribution < 1.29 is 67.4 Å². The van der Waals surface area contributed by atoms with Crippen molar-refractivity contribution in [1.82, 2.24) is 0 Å². The number of rotatable bonds is 46. The second-order valence-electron chi connectivity index (χ2n) is 11.6. The Morgan fingerprint density at radius 1 is 0.240 bits per heavy atom. The molecule has 0 atom stereocenters. The van der Waals surface area contributed by atoms with Crippen LogP contribution in [0.5, 0.6) is 0 Å². The van der Waals surface area contributed by atoms with E-state index in [0.29, 0.717) is 158 Å². The Morgan fingerprint density at radius 2 is 0.440 bits per heavy atom. The van der Waals surface area contributed by atoms with Gasteiger partial charge in [-0.05, 0) is 70.6 Å². The van der Waals surface area contributed by atoms with Gasteiger partial charge in [0, 0.05) is 145 Å². The second kappa shape index (κ2) is 46.5. The molecule has 0 aliphatic heterocycles. The molecule has 0 radical (unpaired) electrons. The van der Waals surface area contributed by atoms with E-state index in [9.17, 15) is 0 Å². The van der Waals surface area contributed by atoms with Gasteiger partial charge >= 0.3 is 0 Å². The molecule has 0 bridgehead atoms. The van der Waals surface area contributed by atoms with E-state index in [1.54, 1.807) is 0 Å². The van der Waals surface area contributed by atoms with Crippen LogP contribution in [-0.4, -0.2) is 180 Å². The fourth-order valence-corrected chi connectivity index (χ4v) is 4.14. The van der Waals surface area contributed by atoms with Crippen molar-refractivity contribution in [3.8, 4) is 0 Å². The van der Waals surface area contributed by atoms with E-state index in [4.69, 9.17) is 67.4 Å². The Labute approximate surface area is 302 Å². The summed E-state index contributed by atoms with van der Waals surface area (Å²) in [6.45, 7) is 13.4. The summed E-state index contributed by atoms with van der Waals surface area (Å²) in [6, 6.07) is 0. The normalized spacial score (nSPS) is 11.8. The first-order valence-electron chi connectivity index (χ1n) is 19.1. The summed E-state index contributed by atoms with van der Waals surface area (Å²) in [4.78, 5) is 0. The Hall–Kier alpha value is -0.560. The van der Waals surface area contributed by atoms with Gasteiger partial charge in [0.05, 0.1) is 13.2 Å². The highest BCUT2D eigenvalue weighted by Crippen LogP contribution is 2.01. The summed E-state index contributed by atoms with van der Waals surface area (Å²) in [5, 5.41) is 26.2. The molecule has 0 aliphatic carbocycles. The molecule has 0 aliphatic rings. The zero-order chi connectivity index (χ0) is 36.1. The molecule has 0 rings (SSSR count). The molecule has 0 saturated carbocycles. The molecule has 0 aromatic heterocycles. The van der Waals surface area contributed by atoms with Crippen molar-refractivity contribution >= 4 is 0 Å². The van der Waals surface area contributed by atoms with Crippen molar-refractivity contribution in [2.75, 3.05) is 159 Å². The van der Waals surface area contributed by atoms with Crippen LogP contribution in [0.25, 0.3) is 0 Å². The Bertz CT molecular complexity index is 557. The summed E-state index contributed by atoms with van der Waals surface area (Å²) in [5.74, 6) is 0. The number of ether oxygens (including phenoxy) is 11. The molecule has 0 saturated heterocycles. The monoisotopic (exact) mass is 731 g/mol. The lowest BCUT2D eigenvalue weighted by molar-refractivity contribution is -0.0676. The van der Waals surface area contributed by atoms with E-state index in [2.05, 4.69) is 0 Å². The highest BCUT2D eigenvalue weighted by atomic mass is 16.6. The molecule has 302 valence electrons. The summed E-state index contributed by atoms with van der Waals surface area (Å²) in [7, 11) is 0. The van der Waals surface area contributed by atoms with Crippen LogP contribution in [0.3, 0.4) is 0 Å². The quantitative estimate of drug-likeness (QED) is 0.0784. The van der Waals surface area contributed by atoms with Gasteiger partial charge in [-0.3, -0.25) is 0 Å². The Kier molecular flexibility index (Phi) is 45.9. The average molecular weight is 731 g/mol. The molecule has 50 heavy (non-hydrogen) atoms. The van der Waals surface area contributed by atoms with Gasteiger partial charge in [0.2, 0.25) is 0 Å². The third-order valence-electron chi connectivity index (χ3n) is 6.78. The molecule has 0 aromatic carbocycles. The van der Waals surface area contributed by atoms with Gasteiger partial charge in [0.1, 0.15) is 6.10 Å². The molecular weight excluding hydrogens is 656 g/mol. The Balaban J connectivity index is 3.89. The van der Waals surface area contributed by atoms with Crippen molar-refractivity contribution in [3.05, 3.63) is 0 Å². The van der Waals surface area contributed by atoms with Crippen LogP contribution in [0, 0.1) is 0 Å². The summed E-state index contributed by atoms with van der Waals surface area (Å²) in [5.41, 5.74) is 0. The lowest BCUT2D eigenvalue weighted by Crippen LogP contribution is -2.27. The molecule has 0 heterocycles. The zero-order valence-corrected chi connectivity index (χ0v) is 31.2. The van der Waals surface area contributed by atoms with Crippen LogP contribution >= 0.6 is 0 Å². The van der Waals surface area contributed by atoms with E-state index in [1.807, 2.05) is 0 Å². The number of aliphatic hydroxyl groups excluding tert-OH is 3. The maximum Gasteiger partial charge on any atom is 0.104 e. The maximum absolute atomic E-state index is 8.77. The maximum atomic E-state index is 8.77. The molecular formula is C36H74O14. The first kappa shape index (κ1) is 49.4. The van der Waals surface area contributed by atoms with E-state index < -0.39 is 0 Å². The molecule has 0 fully saturated rings. The first-order valence-corrected chi connectivity index (χ1v) is 19.1. The summed E-state index contributed by atoms with van der Waals surface area (Å²) in [6.07, 6.45) is 8.50. The summed E-state index contributed by atoms with van der Waals surface area (Å²) >= 11 is 0. The predicted octanol–water partition coefficient (Wildman–Crippen LogP) is 2.81. The number of hydrogen-bond acceptors (Lipinski definition) is 14. The average Bonchev–Trinajstić information content (AvgIpc) is 3.13. The van der Waals surface area contributed by atoms with Crippen molar-refractivity contribution in [3.63, 3.8) is 0 Å². The van der Waals surface area contributed by atoms with Crippen LogP contribution in [0.2, 0.25) is 0 Å². The van der Waals surface area contributed by atoms with E-state index in [1.165, 1.54) is 0 Å². The largest absolute Gasteiger partial charge is 0.396 e. The fourth-order valence-electron chi connectivity index (χ4n) is 4.14. The van der Waals surface area contributed by atoms with E-state index in [0.717, 1.165) is 51.4 Å². The third kappa shape index (κ3) is 43.6. The van der Waals surface area contributed by atoms with Crippen LogP contribution in [0.4, 0.5) is 0 Å². The van der Waals surface area contributed by atoms with Crippen LogP contribution in [-0.2, 0) is 52.1 Å². The molecule has 14 heteroatoms. The summed E-state index contributed by atoms with van der Waals surface area (Å²) < 4.78 is 62.2. The lowest BCUT2D eigenvalue weighted by atomic mass is 10.3. The van der Waals surface area contributed by atoms with Crippen molar-refractivity contribution in [1.29, 1.82) is 0 Å². The van der Waals surface area contributed by atoms with E-state index in [-0.39, 0.29) is 25.9 Å². The molecule has 3 N–H and O–H groups in total. The van der Waals surface area contributed by atoms with Gasteiger partial charge in [-0.15, -0.1) is 0 Å². The number of aliphatic hydroxyl groups is 3. The van der Waals surface area contributed by atoms with Gasteiger partial charge in [0.15, 0.2) is 0 Å². The Morgan fingerprint density at radius 3 is 0.680 bits per heavy atom. The molecule has 0 unspecified atom stereocenters. The van der Waals surface area contributed by atoms with Crippen molar-refractivity contribution in [2.24, 2.45) is 0 Å². The topological polar surface area (TPSA) is 162 Å². The van der Waals surface area contributed by atoms with Crippen molar-refractivity contribution in [2.45, 2.75) is 76.7 Å². The van der Waals surface area contributed by atoms with Crippen LogP contribution < -0.4 is 0 Å². The standard InChI is InChI=1S/C36H74O14/c37-12-1-15-40-18-4-21-43-23-7-25-45-28-9-31-48-34-36(50-33-11-30-47-27-6-20-42-17-3-14-39)35-49-32-10-29-46-26-8-24-44-22-5-19-41-16-2-13-38/h36-39H,1-35H2. The van der Waals surface area contributed by atoms with Gasteiger partial charge in [0.25, 0.3) is 0 Å². The molecule has 0 aromatic rings. The van der Waals surface area contributed by atoms with Gasteiger partial charge in [-0.1, -0.05) is 0 Å². The van der Waals surface area contributed by atoms with Gasteiger partial charge in [-0.2, -0.15) is 0 Å². The predicted molar refractivity (Wildman–Crippen MR) is 190 cm³/mol. The molecule has 14 nitrogen and oxygen atoms in total.